The second kappa shape index (κ2) is 18.1. The van der Waals surface area contributed by atoms with E-state index in [0.717, 1.165) is 59.5 Å². The van der Waals surface area contributed by atoms with E-state index in [4.69, 9.17) is 10.5 Å². The molecule has 0 bridgehead atoms. The predicted molar refractivity (Wildman–Crippen MR) is 195 cm³/mol. The van der Waals surface area contributed by atoms with Gasteiger partial charge in [-0.1, -0.05) is 72.6 Å². The van der Waals surface area contributed by atoms with E-state index in [9.17, 15) is 14.7 Å². The predicted octanol–water partition coefficient (Wildman–Crippen LogP) is 9.65. The van der Waals surface area contributed by atoms with Crippen LogP contribution in [0.25, 0.3) is 0 Å². The molecule has 3 atom stereocenters. The average molecular weight is 658 g/mol. The molecule has 3 heterocycles. The summed E-state index contributed by atoms with van der Waals surface area (Å²) in [5.41, 5.74) is 9.94. The summed E-state index contributed by atoms with van der Waals surface area (Å²) >= 11 is 0. The van der Waals surface area contributed by atoms with E-state index in [-0.39, 0.29) is 22.6 Å². The molecule has 0 saturated carbocycles. The van der Waals surface area contributed by atoms with Crippen LogP contribution < -0.4 is 10.5 Å². The van der Waals surface area contributed by atoms with E-state index in [1.165, 1.54) is 75.4 Å². The van der Waals surface area contributed by atoms with Crippen LogP contribution in [0.3, 0.4) is 0 Å². The maximum absolute atomic E-state index is 12.1. The van der Waals surface area contributed by atoms with Crippen LogP contribution in [0.2, 0.25) is 0 Å². The Hall–Kier alpha value is -3.74. The third kappa shape index (κ3) is 10.9. The maximum Gasteiger partial charge on any atom is 0.251 e. The van der Waals surface area contributed by atoms with Crippen LogP contribution in [-0.2, 0) is 6.42 Å². The lowest BCUT2D eigenvalue weighted by Crippen LogP contribution is -2.37. The number of phenolic OH excluding ortho intramolecular Hbond substituents is 1. The number of nitrogens with zero attached hydrogens (tertiary/aromatic N) is 2. The molecule has 1 amide bonds. The Morgan fingerprint density at radius 3 is 2.12 bits per heavy atom. The summed E-state index contributed by atoms with van der Waals surface area (Å²) in [5, 5.41) is 10.4. The molecule has 0 fully saturated rings. The third-order valence-electron chi connectivity index (χ3n) is 10.1. The first-order valence-corrected chi connectivity index (χ1v) is 17.9. The van der Waals surface area contributed by atoms with Gasteiger partial charge in [0.05, 0.1) is 5.56 Å². The van der Waals surface area contributed by atoms with E-state index in [0.29, 0.717) is 11.3 Å². The number of aromatic hydroxyl groups is 1. The van der Waals surface area contributed by atoms with Crippen molar-refractivity contribution < 1.29 is 19.4 Å². The van der Waals surface area contributed by atoms with Gasteiger partial charge in [0.1, 0.15) is 22.8 Å². The zero-order chi connectivity index (χ0) is 35.4. The molecule has 3 aromatic rings. The molecule has 0 aliphatic carbocycles. The molecule has 0 spiro atoms. The summed E-state index contributed by atoms with van der Waals surface area (Å²) in [4.78, 5) is 31.0. The van der Waals surface area contributed by atoms with Gasteiger partial charge in [0.2, 0.25) is 5.78 Å². The lowest BCUT2D eigenvalue weighted by molar-refractivity contribution is 0.0511. The highest BCUT2D eigenvalue weighted by Gasteiger charge is 2.34. The zero-order valence-corrected chi connectivity index (χ0v) is 30.7. The molecule has 262 valence electrons. The number of hydrogen-bond acceptors (Lipinski definition) is 6. The number of hydrogen-bond donors (Lipinski definition) is 2. The Kier molecular flexibility index (Phi) is 14.6. The number of nitrogens with two attached hydrogens (primary N) is 1. The molecule has 1 aliphatic heterocycles. The molecule has 7 nitrogen and oxygen atoms in total. The number of fused-ring (bicyclic) bond motifs is 1. The standard InChI is InChI=1S/C29H50O2.C12H9N3O2/c1-20(2)12-9-13-21(3)14-10-15-22(4)16-11-18-29(8)19-17-26-25(7)27(30)23(5)24(6)28(26)31-29;13-12(17)9-4-2-6-15-10(9)11(16)8-3-1-5-14-7-8/h20-22,30H,9-19H2,1-8H3;1-7H,(H2,13,17)/t21-,22+,29-;/m0./s1. The van der Waals surface area contributed by atoms with Crippen molar-refractivity contribution >= 4 is 11.7 Å². The minimum Gasteiger partial charge on any atom is -0.507 e. The smallest absolute Gasteiger partial charge is 0.251 e. The number of pyridine rings is 2. The molecule has 3 N–H and O–H groups in total. The van der Waals surface area contributed by atoms with E-state index >= 15 is 0 Å². The van der Waals surface area contributed by atoms with Gasteiger partial charge < -0.3 is 15.6 Å². The Morgan fingerprint density at radius 2 is 1.52 bits per heavy atom. The number of benzene rings is 1. The minimum atomic E-state index is -0.676. The monoisotopic (exact) mass is 657 g/mol. The highest BCUT2D eigenvalue weighted by atomic mass is 16.5. The normalized spacial score (nSPS) is 16.7. The first-order valence-electron chi connectivity index (χ1n) is 17.9. The molecule has 0 radical (unpaired) electrons. The highest BCUT2D eigenvalue weighted by molar-refractivity contribution is 6.13. The van der Waals surface area contributed by atoms with Crippen LogP contribution in [0, 0.1) is 38.5 Å². The van der Waals surface area contributed by atoms with Crippen LogP contribution in [0.15, 0.2) is 42.9 Å². The molecule has 48 heavy (non-hydrogen) atoms. The summed E-state index contributed by atoms with van der Waals surface area (Å²) in [6.07, 6.45) is 18.5. The van der Waals surface area contributed by atoms with Gasteiger partial charge in [0, 0.05) is 29.7 Å². The van der Waals surface area contributed by atoms with E-state index in [2.05, 4.69) is 51.5 Å². The van der Waals surface area contributed by atoms with Crippen molar-refractivity contribution in [3.05, 3.63) is 81.9 Å². The summed E-state index contributed by atoms with van der Waals surface area (Å²) in [7, 11) is 0. The van der Waals surface area contributed by atoms with Gasteiger partial charge >= 0.3 is 0 Å². The Morgan fingerprint density at radius 1 is 0.896 bits per heavy atom. The lowest BCUT2D eigenvalue weighted by atomic mass is 9.84. The summed E-state index contributed by atoms with van der Waals surface area (Å²) in [5.74, 6) is 2.99. The molecular formula is C41H59N3O4. The third-order valence-corrected chi connectivity index (χ3v) is 10.1. The Balaban J connectivity index is 0.000000308. The molecule has 1 aromatic carbocycles. The number of ketones is 1. The number of rotatable bonds is 15. The average Bonchev–Trinajstić information content (AvgIpc) is 3.06. The van der Waals surface area contributed by atoms with Crippen LogP contribution in [0.5, 0.6) is 11.5 Å². The van der Waals surface area contributed by atoms with Gasteiger partial charge in [-0.15, -0.1) is 0 Å². The number of ether oxygens (including phenoxy) is 1. The molecule has 7 heteroatoms. The molecule has 0 saturated heterocycles. The number of carbonyl (C=O) groups is 2. The van der Waals surface area contributed by atoms with Crippen molar-refractivity contribution in [1.82, 2.24) is 9.97 Å². The first-order chi connectivity index (χ1) is 22.7. The SMILES string of the molecule is Cc1c(C)c2c(c(C)c1O)CC[C@](C)(CCC[C@H](C)CCC[C@@H](C)CCCC(C)C)O2.NC(=O)c1cccnc1C(=O)c1cccnc1. The minimum absolute atomic E-state index is 0.0491. The van der Waals surface area contributed by atoms with Crippen molar-refractivity contribution in [2.75, 3.05) is 0 Å². The fraction of sp³-hybridized carbons (Fsp3) is 0.561. The van der Waals surface area contributed by atoms with Crippen LogP contribution >= 0.6 is 0 Å². The highest BCUT2D eigenvalue weighted by Crippen LogP contribution is 2.44. The molecule has 0 unspecified atom stereocenters. The Labute approximate surface area is 289 Å². The molecule has 1 aliphatic rings. The van der Waals surface area contributed by atoms with Gasteiger partial charge in [0.15, 0.2) is 0 Å². The number of amides is 1. The van der Waals surface area contributed by atoms with Gasteiger partial charge in [-0.2, -0.15) is 0 Å². The van der Waals surface area contributed by atoms with E-state index in [1.807, 2.05) is 13.8 Å². The van der Waals surface area contributed by atoms with Gasteiger partial charge in [-0.25, -0.2) is 0 Å². The number of phenols is 1. The second-order valence-electron chi connectivity index (χ2n) is 14.8. The number of primary amides is 1. The molecule has 4 rings (SSSR count). The fourth-order valence-electron chi connectivity index (χ4n) is 6.69. The summed E-state index contributed by atoms with van der Waals surface area (Å²) in [6.45, 7) is 17.9. The summed E-state index contributed by atoms with van der Waals surface area (Å²) in [6, 6.07) is 6.27. The van der Waals surface area contributed by atoms with Crippen LogP contribution in [0.1, 0.15) is 147 Å². The quantitative estimate of drug-likeness (QED) is 0.157. The van der Waals surface area contributed by atoms with Gasteiger partial charge in [-0.3, -0.25) is 19.6 Å². The van der Waals surface area contributed by atoms with Gasteiger partial charge in [-0.05, 0) is 112 Å². The number of carbonyl (C=O) groups excluding carboxylic acids is 2. The van der Waals surface area contributed by atoms with Crippen molar-refractivity contribution in [3.63, 3.8) is 0 Å². The van der Waals surface area contributed by atoms with Crippen molar-refractivity contribution in [2.24, 2.45) is 23.5 Å². The lowest BCUT2D eigenvalue weighted by Gasteiger charge is -2.38. The van der Waals surface area contributed by atoms with Crippen molar-refractivity contribution in [3.8, 4) is 11.5 Å². The van der Waals surface area contributed by atoms with E-state index < -0.39 is 5.91 Å². The molecular weight excluding hydrogens is 598 g/mol. The van der Waals surface area contributed by atoms with Crippen molar-refractivity contribution in [1.29, 1.82) is 0 Å². The summed E-state index contributed by atoms with van der Waals surface area (Å²) < 4.78 is 6.60. The largest absolute Gasteiger partial charge is 0.507 e. The topological polar surface area (TPSA) is 115 Å². The number of aromatic nitrogens is 2. The Bertz CT molecular complexity index is 1500. The zero-order valence-electron chi connectivity index (χ0n) is 30.7. The second-order valence-corrected chi connectivity index (χ2v) is 14.8. The van der Waals surface area contributed by atoms with Crippen molar-refractivity contribution in [2.45, 2.75) is 132 Å². The van der Waals surface area contributed by atoms with Gasteiger partial charge in [0.25, 0.3) is 5.91 Å². The molecule has 2 aromatic heterocycles. The maximum atomic E-state index is 12.1. The van der Waals surface area contributed by atoms with Crippen LogP contribution in [0.4, 0.5) is 0 Å². The first kappa shape index (κ1) is 38.7. The van der Waals surface area contributed by atoms with Crippen LogP contribution in [-0.4, -0.2) is 32.4 Å². The fourth-order valence-corrected chi connectivity index (χ4v) is 6.69. The van der Waals surface area contributed by atoms with E-state index in [1.54, 1.807) is 24.4 Å².